The van der Waals surface area contributed by atoms with Crippen molar-refractivity contribution in [2.75, 3.05) is 0 Å². The Morgan fingerprint density at radius 3 is 1.21 bits per heavy atom. The Labute approximate surface area is 141 Å². The second-order valence-electron chi connectivity index (χ2n) is 5.29. The van der Waals surface area contributed by atoms with Crippen molar-refractivity contribution in [2.45, 2.75) is 5.60 Å². The lowest BCUT2D eigenvalue weighted by molar-refractivity contribution is -0.292. The molecule has 0 unspecified atom stereocenters. The van der Waals surface area contributed by atoms with E-state index in [1.54, 1.807) is 0 Å². The summed E-state index contributed by atoms with van der Waals surface area (Å²) in [5.74, 6) is 0. The van der Waals surface area contributed by atoms with Gasteiger partial charge in [-0.15, -0.1) is 0 Å². The molecule has 0 radical (unpaired) electrons. The smallest absolute Gasteiger partial charge is 0.400 e. The average molecular weight is 320 g/mol. The summed E-state index contributed by atoms with van der Waals surface area (Å²) in [6.45, 7) is 0. The molecule has 4 nitrogen and oxygen atoms in total. The fraction of sp³-hybridized carbons (Fsp3) is 0.0526. The van der Waals surface area contributed by atoms with Gasteiger partial charge in [-0.1, -0.05) is 91.0 Å². The van der Waals surface area contributed by atoms with Crippen LogP contribution in [0.5, 0.6) is 0 Å². The summed E-state index contributed by atoms with van der Waals surface area (Å²) in [4.78, 5) is 10.4. The Morgan fingerprint density at radius 1 is 0.583 bits per heavy atom. The van der Waals surface area contributed by atoms with E-state index in [-0.39, 0.29) is 0 Å². The van der Waals surface area contributed by atoms with Gasteiger partial charge in [0.05, 0.1) is 0 Å². The van der Waals surface area contributed by atoms with Crippen molar-refractivity contribution in [3.05, 3.63) is 108 Å². The summed E-state index contributed by atoms with van der Waals surface area (Å²) in [6.07, 6.45) is 0. The molecule has 0 saturated heterocycles. The van der Waals surface area contributed by atoms with Crippen molar-refractivity contribution in [1.29, 1.82) is 0 Å². The van der Waals surface area contributed by atoms with Crippen LogP contribution in [-0.4, -0.2) is 17.4 Å². The van der Waals surface area contributed by atoms with E-state index < -0.39 is 12.9 Å². The summed E-state index contributed by atoms with van der Waals surface area (Å²) in [6, 6.07) is 28.6. The minimum atomic E-state index is -2.04. The van der Waals surface area contributed by atoms with Gasteiger partial charge in [0.2, 0.25) is 0 Å². The maximum atomic E-state index is 9.16. The van der Waals surface area contributed by atoms with Gasteiger partial charge >= 0.3 is 7.32 Å². The van der Waals surface area contributed by atoms with Gasteiger partial charge in [0.25, 0.3) is 0 Å². The van der Waals surface area contributed by atoms with E-state index in [1.165, 1.54) is 0 Å². The largest absolute Gasteiger partial charge is 0.662 e. The zero-order valence-corrected chi connectivity index (χ0v) is 12.9. The molecule has 120 valence electrons. The molecule has 0 aliphatic heterocycles. The van der Waals surface area contributed by atoms with Crippen molar-refractivity contribution >= 4 is 7.32 Å². The van der Waals surface area contributed by atoms with Crippen LogP contribution in [0.3, 0.4) is 0 Å². The molecule has 3 aromatic carbocycles. The zero-order valence-electron chi connectivity index (χ0n) is 12.9. The third kappa shape index (κ3) is 3.25. The second-order valence-corrected chi connectivity index (χ2v) is 5.29. The average Bonchev–Trinajstić information content (AvgIpc) is 2.65. The first-order chi connectivity index (χ1) is 11.7. The Morgan fingerprint density at radius 2 is 0.917 bits per heavy atom. The van der Waals surface area contributed by atoms with Crippen molar-refractivity contribution in [3.63, 3.8) is 0 Å². The third-order valence-corrected chi connectivity index (χ3v) is 3.80. The van der Waals surface area contributed by atoms with Gasteiger partial charge in [-0.05, 0) is 16.7 Å². The van der Waals surface area contributed by atoms with Crippen LogP contribution in [0.4, 0.5) is 0 Å². The molecule has 0 aromatic heterocycles. The van der Waals surface area contributed by atoms with Crippen LogP contribution < -0.4 is 0 Å². The lowest BCUT2D eigenvalue weighted by Gasteiger charge is -2.34. The van der Waals surface area contributed by atoms with Gasteiger partial charge in [0.1, 0.15) is 0 Å². The molecule has 0 aliphatic carbocycles. The minimum absolute atomic E-state index is 0.808. The van der Waals surface area contributed by atoms with Gasteiger partial charge in [-0.25, -0.2) is 9.69 Å². The first kappa shape index (κ1) is 16.4. The van der Waals surface area contributed by atoms with Crippen molar-refractivity contribution < 1.29 is 19.7 Å². The van der Waals surface area contributed by atoms with Crippen molar-refractivity contribution in [3.8, 4) is 0 Å². The molecule has 3 aromatic rings. The molecule has 0 atom stereocenters. The summed E-state index contributed by atoms with van der Waals surface area (Å²) in [5.41, 5.74) is 1.29. The monoisotopic (exact) mass is 320 g/mol. The van der Waals surface area contributed by atoms with Crippen molar-refractivity contribution in [2.24, 2.45) is 0 Å². The van der Waals surface area contributed by atoms with E-state index in [1.807, 2.05) is 91.0 Å². The van der Waals surface area contributed by atoms with Crippen LogP contribution in [0, 0.1) is 0 Å². The predicted molar refractivity (Wildman–Crippen MR) is 91.6 cm³/mol. The first-order valence-corrected chi connectivity index (χ1v) is 7.60. The molecule has 0 spiro atoms. The predicted octanol–water partition coefficient (Wildman–Crippen LogP) is 2.90. The molecule has 3 rings (SSSR count). The first-order valence-electron chi connectivity index (χ1n) is 7.60. The lowest BCUT2D eigenvalue weighted by atomic mass is 9.80. The van der Waals surface area contributed by atoms with E-state index in [4.69, 9.17) is 19.7 Å². The molecule has 0 bridgehead atoms. The number of benzene rings is 3. The maximum Gasteiger partial charge on any atom is 0.662 e. The minimum Gasteiger partial charge on any atom is -0.400 e. The topological polar surface area (TPSA) is 58.9 Å². The molecular weight excluding hydrogens is 303 g/mol. The van der Waals surface area contributed by atoms with Gasteiger partial charge in [0.15, 0.2) is 5.60 Å². The van der Waals surface area contributed by atoms with E-state index in [0.717, 1.165) is 16.7 Å². The number of hydrogen-bond acceptors (Lipinski definition) is 4. The van der Waals surface area contributed by atoms with Crippen LogP contribution in [0.1, 0.15) is 16.7 Å². The molecular formula is C19H17BO4. The summed E-state index contributed by atoms with van der Waals surface area (Å²) in [7, 11) is -2.04. The molecule has 0 heterocycles. The Balaban J connectivity index is 2.24. The summed E-state index contributed by atoms with van der Waals surface area (Å²) in [5, 5.41) is 18.3. The lowest BCUT2D eigenvalue weighted by Crippen LogP contribution is -2.35. The fourth-order valence-corrected chi connectivity index (χ4v) is 2.78. The Bertz CT molecular complexity index is 651. The van der Waals surface area contributed by atoms with E-state index in [0.29, 0.717) is 0 Å². The summed E-state index contributed by atoms with van der Waals surface area (Å²) >= 11 is 0. The highest BCUT2D eigenvalue weighted by atomic mass is 17.2. The molecule has 0 fully saturated rings. The van der Waals surface area contributed by atoms with E-state index >= 15 is 0 Å². The van der Waals surface area contributed by atoms with E-state index in [9.17, 15) is 0 Å². The van der Waals surface area contributed by atoms with Gasteiger partial charge < -0.3 is 10.0 Å². The van der Waals surface area contributed by atoms with Crippen LogP contribution >= 0.6 is 0 Å². The second kappa shape index (κ2) is 7.42. The van der Waals surface area contributed by atoms with Crippen LogP contribution in [0.15, 0.2) is 91.0 Å². The van der Waals surface area contributed by atoms with Crippen LogP contribution in [0.25, 0.3) is 0 Å². The fourth-order valence-electron chi connectivity index (χ4n) is 2.78. The molecule has 5 heteroatoms. The Kier molecular flexibility index (Phi) is 5.08. The van der Waals surface area contributed by atoms with Gasteiger partial charge in [-0.2, -0.15) is 0 Å². The number of hydrogen-bond donors (Lipinski definition) is 2. The molecule has 0 saturated carbocycles. The van der Waals surface area contributed by atoms with Gasteiger partial charge in [0, 0.05) is 0 Å². The highest BCUT2D eigenvalue weighted by Gasteiger charge is 2.40. The number of rotatable bonds is 6. The quantitative estimate of drug-likeness (QED) is 0.317. The van der Waals surface area contributed by atoms with Crippen molar-refractivity contribution in [1.82, 2.24) is 0 Å². The van der Waals surface area contributed by atoms with E-state index in [2.05, 4.69) is 0 Å². The van der Waals surface area contributed by atoms with Crippen LogP contribution in [0.2, 0.25) is 0 Å². The Hall–Kier alpha value is -2.44. The molecule has 0 aliphatic rings. The maximum absolute atomic E-state index is 9.16. The molecule has 2 N–H and O–H groups in total. The highest BCUT2D eigenvalue weighted by molar-refractivity contribution is 6.32. The molecule has 24 heavy (non-hydrogen) atoms. The summed E-state index contributed by atoms with van der Waals surface area (Å²) < 4.78 is 0. The zero-order chi connectivity index (χ0) is 16.8. The van der Waals surface area contributed by atoms with Crippen LogP contribution in [-0.2, 0) is 15.3 Å². The molecule has 0 amide bonds. The highest BCUT2D eigenvalue weighted by Crippen LogP contribution is 2.40. The standard InChI is InChI=1S/C19H17BO4/c21-20(22)24-23-19(16-10-4-1-5-11-16,17-12-6-2-7-13-17)18-14-8-3-9-15-18/h1-15,21-22H. The van der Waals surface area contributed by atoms with Gasteiger partial charge in [-0.3, -0.25) is 0 Å². The SMILES string of the molecule is OB(O)OOC(c1ccccc1)(c1ccccc1)c1ccccc1. The normalized spacial score (nSPS) is 11.2. The third-order valence-electron chi connectivity index (χ3n) is 3.80.